The van der Waals surface area contributed by atoms with E-state index in [0.29, 0.717) is 25.0 Å². The predicted octanol–water partition coefficient (Wildman–Crippen LogP) is 3.05. The molecule has 3 rings (SSSR count). The van der Waals surface area contributed by atoms with Crippen molar-refractivity contribution in [2.24, 2.45) is 0 Å². The number of hydrogen-bond donors (Lipinski definition) is 1. The molecule has 0 unspecified atom stereocenters. The highest BCUT2D eigenvalue weighted by Gasteiger charge is 2.36. The monoisotopic (exact) mass is 301 g/mol. The van der Waals surface area contributed by atoms with Gasteiger partial charge < -0.3 is 14.4 Å². The molecule has 5 nitrogen and oxygen atoms in total. The van der Waals surface area contributed by atoms with E-state index in [4.69, 9.17) is 4.42 Å². The van der Waals surface area contributed by atoms with E-state index in [1.807, 2.05) is 32.9 Å². The molecule has 2 heterocycles. The van der Waals surface area contributed by atoms with Crippen molar-refractivity contribution in [2.75, 3.05) is 6.54 Å². The standard InChI is InChI=1S/C17H19NO4/c1-9-6-7-10(2)14-13(9)11(3)15(22-14)16(19)18-8-4-5-12(18)17(20)21/h6-7,12H,4-5,8H2,1-3H3,(H,20,21)/t12-/m0/s1. The van der Waals surface area contributed by atoms with Crippen molar-refractivity contribution in [3.05, 3.63) is 34.6 Å². The maximum Gasteiger partial charge on any atom is 0.326 e. The summed E-state index contributed by atoms with van der Waals surface area (Å²) >= 11 is 0. The number of carboxylic acids is 1. The van der Waals surface area contributed by atoms with Gasteiger partial charge in [-0.15, -0.1) is 0 Å². The third-order valence-electron chi connectivity index (χ3n) is 4.48. The Balaban J connectivity index is 2.09. The first-order valence-electron chi connectivity index (χ1n) is 7.45. The Hall–Kier alpha value is -2.30. The molecule has 1 aromatic carbocycles. The van der Waals surface area contributed by atoms with Crippen LogP contribution in [0.25, 0.3) is 11.0 Å². The molecule has 0 spiro atoms. The highest BCUT2D eigenvalue weighted by atomic mass is 16.4. The second kappa shape index (κ2) is 5.16. The molecule has 1 atom stereocenters. The molecule has 1 saturated heterocycles. The third kappa shape index (κ3) is 2.08. The van der Waals surface area contributed by atoms with Crippen molar-refractivity contribution >= 4 is 22.8 Å². The number of amides is 1. The fourth-order valence-electron chi connectivity index (χ4n) is 3.28. The van der Waals surface area contributed by atoms with Crippen LogP contribution in [0.1, 0.15) is 40.1 Å². The Morgan fingerprint density at radius 1 is 1.23 bits per heavy atom. The molecule has 5 heteroatoms. The summed E-state index contributed by atoms with van der Waals surface area (Å²) in [4.78, 5) is 25.4. The molecule has 1 aliphatic heterocycles. The minimum Gasteiger partial charge on any atom is -0.480 e. The Morgan fingerprint density at radius 3 is 2.55 bits per heavy atom. The molecule has 1 aromatic heterocycles. The number of rotatable bonds is 2. The summed E-state index contributed by atoms with van der Waals surface area (Å²) < 4.78 is 5.83. The van der Waals surface area contributed by atoms with Gasteiger partial charge in [0.15, 0.2) is 5.76 Å². The zero-order chi connectivity index (χ0) is 16.0. The minimum absolute atomic E-state index is 0.264. The number of fused-ring (bicyclic) bond motifs is 1. The molecule has 0 saturated carbocycles. The molecular formula is C17H19NO4. The molecule has 0 aliphatic carbocycles. The van der Waals surface area contributed by atoms with Crippen LogP contribution in [-0.4, -0.2) is 34.5 Å². The number of nitrogens with zero attached hydrogens (tertiary/aromatic N) is 1. The lowest BCUT2D eigenvalue weighted by Crippen LogP contribution is -2.40. The number of carbonyl (C=O) groups excluding carboxylic acids is 1. The Labute approximate surface area is 128 Å². The van der Waals surface area contributed by atoms with Gasteiger partial charge in [-0.25, -0.2) is 4.79 Å². The van der Waals surface area contributed by atoms with Crippen molar-refractivity contribution in [2.45, 2.75) is 39.7 Å². The SMILES string of the molecule is Cc1ccc(C)c2c(C)c(C(=O)N3CCC[C@H]3C(=O)O)oc12. The van der Waals surface area contributed by atoms with Crippen LogP contribution in [0.4, 0.5) is 0 Å². The Morgan fingerprint density at radius 2 is 1.91 bits per heavy atom. The van der Waals surface area contributed by atoms with Crippen molar-refractivity contribution < 1.29 is 19.1 Å². The molecule has 116 valence electrons. The lowest BCUT2D eigenvalue weighted by atomic mass is 10.0. The summed E-state index contributed by atoms with van der Waals surface area (Å²) in [6.07, 6.45) is 1.21. The third-order valence-corrected chi connectivity index (χ3v) is 4.48. The van der Waals surface area contributed by atoms with Crippen LogP contribution >= 0.6 is 0 Å². The molecule has 1 fully saturated rings. The van der Waals surface area contributed by atoms with Crippen LogP contribution < -0.4 is 0 Å². The summed E-state index contributed by atoms with van der Waals surface area (Å²) in [5, 5.41) is 10.2. The first-order valence-corrected chi connectivity index (χ1v) is 7.45. The van der Waals surface area contributed by atoms with E-state index in [0.717, 1.165) is 22.1 Å². The van der Waals surface area contributed by atoms with E-state index in [1.54, 1.807) is 0 Å². The summed E-state index contributed by atoms with van der Waals surface area (Å²) in [6.45, 7) is 6.24. The van der Waals surface area contributed by atoms with Crippen LogP contribution in [0.3, 0.4) is 0 Å². The van der Waals surface area contributed by atoms with E-state index >= 15 is 0 Å². The average molecular weight is 301 g/mol. The highest BCUT2D eigenvalue weighted by Crippen LogP contribution is 2.32. The van der Waals surface area contributed by atoms with E-state index in [-0.39, 0.29) is 11.7 Å². The highest BCUT2D eigenvalue weighted by molar-refractivity contribution is 6.01. The molecular weight excluding hydrogens is 282 g/mol. The smallest absolute Gasteiger partial charge is 0.326 e. The average Bonchev–Trinajstić information content (AvgIpc) is 3.08. The summed E-state index contributed by atoms with van der Waals surface area (Å²) in [5.41, 5.74) is 3.53. The van der Waals surface area contributed by atoms with Crippen molar-refractivity contribution in [3.8, 4) is 0 Å². The van der Waals surface area contributed by atoms with Crippen LogP contribution in [0.5, 0.6) is 0 Å². The summed E-state index contributed by atoms with van der Waals surface area (Å²) in [7, 11) is 0. The minimum atomic E-state index is -0.952. The number of likely N-dealkylation sites (tertiary alicyclic amines) is 1. The second-order valence-corrected chi connectivity index (χ2v) is 5.95. The maximum absolute atomic E-state index is 12.7. The lowest BCUT2D eigenvalue weighted by Gasteiger charge is -2.20. The lowest BCUT2D eigenvalue weighted by molar-refractivity contribution is -0.141. The van der Waals surface area contributed by atoms with Crippen LogP contribution in [-0.2, 0) is 4.79 Å². The molecule has 0 radical (unpaired) electrons. The van der Waals surface area contributed by atoms with Gasteiger partial charge in [0.05, 0.1) is 0 Å². The van der Waals surface area contributed by atoms with Gasteiger partial charge in [0.25, 0.3) is 5.91 Å². The molecule has 22 heavy (non-hydrogen) atoms. The van der Waals surface area contributed by atoms with Gasteiger partial charge in [0.1, 0.15) is 11.6 Å². The number of furan rings is 1. The maximum atomic E-state index is 12.7. The number of hydrogen-bond acceptors (Lipinski definition) is 3. The van der Waals surface area contributed by atoms with Gasteiger partial charge in [0, 0.05) is 17.5 Å². The van der Waals surface area contributed by atoms with E-state index in [9.17, 15) is 14.7 Å². The fourth-order valence-corrected chi connectivity index (χ4v) is 3.28. The largest absolute Gasteiger partial charge is 0.480 e. The van der Waals surface area contributed by atoms with Crippen molar-refractivity contribution in [1.29, 1.82) is 0 Å². The van der Waals surface area contributed by atoms with Gasteiger partial charge in [-0.3, -0.25) is 4.79 Å². The fraction of sp³-hybridized carbons (Fsp3) is 0.412. The van der Waals surface area contributed by atoms with Crippen molar-refractivity contribution in [1.82, 2.24) is 4.90 Å². The van der Waals surface area contributed by atoms with Gasteiger partial charge in [-0.05, 0) is 44.7 Å². The number of aliphatic carboxylic acids is 1. The summed E-state index contributed by atoms with van der Waals surface area (Å²) in [5.74, 6) is -1.01. The van der Waals surface area contributed by atoms with Crippen LogP contribution in [0.15, 0.2) is 16.5 Å². The second-order valence-electron chi connectivity index (χ2n) is 5.95. The zero-order valence-corrected chi connectivity index (χ0v) is 13.0. The molecule has 2 aromatic rings. The molecule has 1 aliphatic rings. The molecule has 1 amide bonds. The van der Waals surface area contributed by atoms with Gasteiger partial charge in [0.2, 0.25) is 0 Å². The van der Waals surface area contributed by atoms with Gasteiger partial charge >= 0.3 is 5.97 Å². The quantitative estimate of drug-likeness (QED) is 0.925. The Kier molecular flexibility index (Phi) is 3.43. The van der Waals surface area contributed by atoms with E-state index in [1.165, 1.54) is 4.90 Å². The topological polar surface area (TPSA) is 70.8 Å². The number of carboxylic acid groups (broad SMARTS) is 1. The number of carbonyl (C=O) groups is 2. The predicted molar refractivity (Wildman–Crippen MR) is 82.1 cm³/mol. The van der Waals surface area contributed by atoms with Gasteiger partial charge in [-0.2, -0.15) is 0 Å². The molecule has 0 bridgehead atoms. The number of aryl methyl sites for hydroxylation is 3. The van der Waals surface area contributed by atoms with E-state index in [2.05, 4.69) is 0 Å². The first kappa shape index (κ1) is 14.6. The van der Waals surface area contributed by atoms with Crippen LogP contribution in [0, 0.1) is 20.8 Å². The number of benzene rings is 1. The first-order chi connectivity index (χ1) is 10.4. The van der Waals surface area contributed by atoms with Crippen LogP contribution in [0.2, 0.25) is 0 Å². The normalized spacial score (nSPS) is 18.1. The van der Waals surface area contributed by atoms with Crippen molar-refractivity contribution in [3.63, 3.8) is 0 Å². The summed E-state index contributed by atoms with van der Waals surface area (Å²) in [6, 6.07) is 3.22. The van der Waals surface area contributed by atoms with Gasteiger partial charge in [-0.1, -0.05) is 12.1 Å². The van der Waals surface area contributed by atoms with E-state index < -0.39 is 12.0 Å². The molecule has 1 N–H and O–H groups in total. The zero-order valence-electron chi connectivity index (χ0n) is 13.0. The Bertz CT molecular complexity index is 775.